The fraction of sp³-hybridized carbons (Fsp3) is 0.636. The third kappa shape index (κ3) is 7.60. The summed E-state index contributed by atoms with van der Waals surface area (Å²) in [6, 6.07) is 2.37. The fourth-order valence-corrected chi connectivity index (χ4v) is 7.29. The maximum Gasteiger partial charge on any atom is 0.192 e. The highest BCUT2D eigenvalue weighted by Gasteiger charge is 2.40. The summed E-state index contributed by atoms with van der Waals surface area (Å²) in [4.78, 5) is 5.11. The van der Waals surface area contributed by atoms with Gasteiger partial charge in [0.15, 0.2) is 16.6 Å². The molecule has 0 aromatic carbocycles. The first kappa shape index (κ1) is 34.3. The normalized spacial score (nSPS) is 14.2. The van der Waals surface area contributed by atoms with E-state index in [0.29, 0.717) is 19.2 Å². The van der Waals surface area contributed by atoms with E-state index in [-0.39, 0.29) is 16.2 Å². The lowest BCUT2D eigenvalue weighted by atomic mass is 10.1. The lowest BCUT2D eigenvalue weighted by Crippen LogP contribution is -2.46. The van der Waals surface area contributed by atoms with E-state index in [1.165, 1.54) is 0 Å². The summed E-state index contributed by atoms with van der Waals surface area (Å²) in [7, 11) is -3.86. The van der Waals surface area contributed by atoms with Crippen LogP contribution in [0.4, 0.5) is 0 Å². The van der Waals surface area contributed by atoms with Gasteiger partial charge in [-0.2, -0.15) is 15.3 Å². The molecule has 44 heavy (non-hydrogen) atoms. The van der Waals surface area contributed by atoms with E-state index in [2.05, 4.69) is 109 Å². The number of nitrogens with zero attached hydrogens (tertiary/aromatic N) is 7. The Labute approximate surface area is 266 Å². The zero-order chi connectivity index (χ0) is 32.5. The molecule has 0 radical (unpaired) electrons. The molecule has 0 saturated carbocycles. The summed E-state index contributed by atoms with van der Waals surface area (Å²) >= 11 is 0. The number of rotatable bonds is 13. The molecule has 1 unspecified atom stereocenters. The first-order valence-electron chi connectivity index (χ1n) is 16.2. The zero-order valence-electron chi connectivity index (χ0n) is 29.2. The van der Waals surface area contributed by atoms with Crippen LogP contribution >= 0.6 is 0 Å². The summed E-state index contributed by atoms with van der Waals surface area (Å²) in [5.41, 5.74) is 4.57. The molecule has 0 spiro atoms. The van der Waals surface area contributed by atoms with Crippen molar-refractivity contribution >= 4 is 22.2 Å². The highest BCUT2D eigenvalue weighted by Crippen LogP contribution is 2.39. The van der Waals surface area contributed by atoms with Gasteiger partial charge in [-0.05, 0) is 61.6 Å². The average molecular weight is 638 g/mol. The Bertz CT molecular complexity index is 1520. The number of hydrogen-bond donors (Lipinski definition) is 0. The van der Waals surface area contributed by atoms with Crippen molar-refractivity contribution in [1.82, 2.24) is 34.2 Å². The van der Waals surface area contributed by atoms with Crippen LogP contribution in [0.2, 0.25) is 36.3 Å². The summed E-state index contributed by atoms with van der Waals surface area (Å²) in [6.45, 7) is 28.7. The van der Waals surface area contributed by atoms with Gasteiger partial charge < -0.3 is 8.85 Å². The lowest BCUT2D eigenvalue weighted by Gasteiger charge is -2.40. The van der Waals surface area contributed by atoms with Crippen LogP contribution in [0.25, 0.3) is 28.0 Å². The molecule has 4 rings (SSSR count). The second kappa shape index (κ2) is 13.0. The summed E-state index contributed by atoms with van der Waals surface area (Å²) in [6.07, 6.45) is 14.7. The fourth-order valence-electron chi connectivity index (χ4n) is 4.85. The van der Waals surface area contributed by atoms with Crippen molar-refractivity contribution in [2.24, 2.45) is 0 Å². The lowest BCUT2D eigenvalue weighted by molar-refractivity contribution is 0.122. The van der Waals surface area contributed by atoms with E-state index in [0.717, 1.165) is 47.3 Å². The summed E-state index contributed by atoms with van der Waals surface area (Å²) in [5.74, 6) is 0. The van der Waals surface area contributed by atoms with Gasteiger partial charge in [0.25, 0.3) is 0 Å². The average Bonchev–Trinajstić information content (AvgIpc) is 3.68. The molecule has 9 nitrogen and oxygen atoms in total. The van der Waals surface area contributed by atoms with Crippen molar-refractivity contribution in [1.29, 1.82) is 0 Å². The van der Waals surface area contributed by atoms with E-state index in [4.69, 9.17) is 18.9 Å². The molecular weight excluding hydrogens is 583 g/mol. The van der Waals surface area contributed by atoms with Gasteiger partial charge in [0.2, 0.25) is 0 Å². The Balaban J connectivity index is 1.59. The van der Waals surface area contributed by atoms with Crippen molar-refractivity contribution in [3.63, 3.8) is 0 Å². The van der Waals surface area contributed by atoms with Crippen LogP contribution in [0.15, 0.2) is 43.2 Å². The SMILES string of the molecule is CCC(CC)n1cc(-c2nc(-c3cnn(CC(CCO[Si](C)(C)C(C)(C)C)O[Si](C)(C)C(C)(C)C)c3)cn3nccc23)cn1. The second-order valence-electron chi connectivity index (χ2n) is 15.2. The smallest absolute Gasteiger partial charge is 0.192 e. The number of fused-ring (bicyclic) bond motifs is 1. The molecule has 11 heteroatoms. The standard InChI is InChI=1S/C33H55N7O2Si2/c1-13-27(14-2)39-22-26(20-36-39)31-30-15-17-34-40(30)24-29(37-31)25-19-35-38(21-25)23-28(42-44(11,12)33(6,7)8)16-18-41-43(9,10)32(3,4)5/h15,17,19-22,24,27-28H,13-14,16,18,23H2,1-12H3. The molecule has 0 aliphatic carbocycles. The number of aromatic nitrogens is 7. The van der Waals surface area contributed by atoms with E-state index in [1.807, 2.05) is 40.1 Å². The third-order valence-electron chi connectivity index (χ3n) is 9.88. The second-order valence-corrected chi connectivity index (χ2v) is 24.7. The first-order chi connectivity index (χ1) is 20.5. The van der Waals surface area contributed by atoms with Crippen LogP contribution in [0.3, 0.4) is 0 Å². The van der Waals surface area contributed by atoms with E-state index >= 15 is 0 Å². The molecule has 0 N–H and O–H groups in total. The monoisotopic (exact) mass is 637 g/mol. The Hall–Kier alpha value is -2.61. The van der Waals surface area contributed by atoms with Gasteiger partial charge >= 0.3 is 0 Å². The van der Waals surface area contributed by atoms with Gasteiger partial charge in [-0.3, -0.25) is 9.36 Å². The molecule has 1 atom stereocenters. The van der Waals surface area contributed by atoms with Crippen molar-refractivity contribution in [3.05, 3.63) is 43.2 Å². The Morgan fingerprint density at radius 1 is 0.818 bits per heavy atom. The van der Waals surface area contributed by atoms with Crippen LogP contribution in [-0.2, 0) is 15.4 Å². The molecule has 4 aromatic rings. The molecule has 4 aromatic heterocycles. The third-order valence-corrected chi connectivity index (χ3v) is 19.0. The Kier molecular flexibility index (Phi) is 10.1. The van der Waals surface area contributed by atoms with Crippen molar-refractivity contribution in [2.45, 2.75) is 130 Å². The predicted molar refractivity (Wildman–Crippen MR) is 185 cm³/mol. The molecule has 0 fully saturated rings. The minimum absolute atomic E-state index is 0.00133. The minimum atomic E-state index is -2.01. The van der Waals surface area contributed by atoms with Gasteiger partial charge in [-0.1, -0.05) is 55.4 Å². The van der Waals surface area contributed by atoms with Gasteiger partial charge in [-0.25, -0.2) is 9.50 Å². The highest BCUT2D eigenvalue weighted by molar-refractivity contribution is 6.74. The first-order valence-corrected chi connectivity index (χ1v) is 22.0. The molecule has 0 amide bonds. The minimum Gasteiger partial charge on any atom is -0.417 e. The van der Waals surface area contributed by atoms with E-state index < -0.39 is 16.6 Å². The van der Waals surface area contributed by atoms with Crippen molar-refractivity contribution < 1.29 is 8.85 Å². The largest absolute Gasteiger partial charge is 0.417 e. The molecule has 0 bridgehead atoms. The van der Waals surface area contributed by atoms with Gasteiger partial charge in [-0.15, -0.1) is 0 Å². The summed E-state index contributed by atoms with van der Waals surface area (Å²) in [5, 5.41) is 14.3. The molecule has 0 saturated heterocycles. The molecular formula is C33H55N7O2Si2. The topological polar surface area (TPSA) is 84.3 Å². The van der Waals surface area contributed by atoms with Crippen LogP contribution in [0.1, 0.15) is 80.7 Å². The Morgan fingerprint density at radius 2 is 1.48 bits per heavy atom. The van der Waals surface area contributed by atoms with Gasteiger partial charge in [0, 0.05) is 30.1 Å². The summed E-state index contributed by atoms with van der Waals surface area (Å²) < 4.78 is 19.5. The molecule has 242 valence electrons. The van der Waals surface area contributed by atoms with Crippen molar-refractivity contribution in [3.8, 4) is 22.5 Å². The quantitative estimate of drug-likeness (QED) is 0.137. The Morgan fingerprint density at radius 3 is 2.11 bits per heavy atom. The van der Waals surface area contributed by atoms with E-state index in [1.54, 1.807) is 0 Å². The van der Waals surface area contributed by atoms with Crippen molar-refractivity contribution in [2.75, 3.05) is 6.61 Å². The number of hydrogen-bond acceptors (Lipinski definition) is 6. The van der Waals surface area contributed by atoms with Gasteiger partial charge in [0.1, 0.15) is 0 Å². The predicted octanol–water partition coefficient (Wildman–Crippen LogP) is 8.62. The molecule has 0 aliphatic heterocycles. The van der Waals surface area contributed by atoms with Crippen LogP contribution in [0, 0.1) is 0 Å². The zero-order valence-corrected chi connectivity index (χ0v) is 31.2. The highest BCUT2D eigenvalue weighted by atomic mass is 28.4. The molecule has 0 aliphatic rings. The van der Waals surface area contributed by atoms with E-state index in [9.17, 15) is 0 Å². The van der Waals surface area contributed by atoms with Crippen LogP contribution < -0.4 is 0 Å². The van der Waals surface area contributed by atoms with Gasteiger partial charge in [0.05, 0.1) is 60.4 Å². The van der Waals surface area contributed by atoms with Crippen LogP contribution in [-0.4, -0.2) is 63.5 Å². The maximum absolute atomic E-state index is 6.96. The molecule has 4 heterocycles. The van der Waals surface area contributed by atoms with Crippen LogP contribution in [0.5, 0.6) is 0 Å². The maximum atomic E-state index is 6.96.